The molecule has 0 aromatic heterocycles. The van der Waals surface area contributed by atoms with Crippen LogP contribution in [0.15, 0.2) is 11.8 Å². The van der Waals surface area contributed by atoms with Crippen LogP contribution in [-0.4, -0.2) is 36.4 Å². The van der Waals surface area contributed by atoms with Gasteiger partial charge in [-0.1, -0.05) is 6.42 Å². The summed E-state index contributed by atoms with van der Waals surface area (Å²) in [5.74, 6) is 0.231. The molecule has 0 saturated carbocycles. The molecule has 3 atom stereocenters. The molecule has 18 heavy (non-hydrogen) atoms. The number of piperidine rings is 2. The topological polar surface area (TPSA) is 32.3 Å². The molecule has 100 valence electrons. The number of aldehydes is 1. The van der Waals surface area contributed by atoms with E-state index >= 15 is 0 Å². The molecule has 1 N–H and O–H groups in total. The predicted octanol–water partition coefficient (Wildman–Crippen LogP) is 2.09. The Bertz CT molecular complexity index is 333. The Kier molecular flexibility index (Phi) is 3.69. The fourth-order valence-corrected chi connectivity index (χ4v) is 3.81. The standard InChI is InChI=1S/C15H24N2O/c18-11-13-9-12(14-5-1-3-7-16-14)10-17-8-4-2-6-15(13)17/h10-11,13-16H,1-9H2/t13-,14+,15-/m1/s1. The first-order valence-electron chi connectivity index (χ1n) is 7.53. The highest BCUT2D eigenvalue weighted by Crippen LogP contribution is 2.34. The quantitative estimate of drug-likeness (QED) is 0.759. The van der Waals surface area contributed by atoms with Gasteiger partial charge in [-0.05, 0) is 50.6 Å². The van der Waals surface area contributed by atoms with Gasteiger partial charge in [0.25, 0.3) is 0 Å². The first kappa shape index (κ1) is 12.2. The monoisotopic (exact) mass is 248 g/mol. The van der Waals surface area contributed by atoms with Crippen molar-refractivity contribution in [1.82, 2.24) is 10.2 Å². The van der Waals surface area contributed by atoms with Crippen molar-refractivity contribution in [2.45, 2.75) is 57.0 Å². The molecule has 3 rings (SSSR count). The van der Waals surface area contributed by atoms with Crippen molar-refractivity contribution in [3.63, 3.8) is 0 Å². The van der Waals surface area contributed by atoms with Crippen LogP contribution >= 0.6 is 0 Å². The van der Waals surface area contributed by atoms with E-state index in [1.807, 2.05) is 0 Å². The number of nitrogens with zero attached hydrogens (tertiary/aromatic N) is 1. The fourth-order valence-electron chi connectivity index (χ4n) is 3.81. The largest absolute Gasteiger partial charge is 0.374 e. The SMILES string of the molecule is O=C[C@H]1CC([C@@H]2CCCCN2)=CN2CCCC[C@H]12. The van der Waals surface area contributed by atoms with Crippen LogP contribution in [0.2, 0.25) is 0 Å². The first-order chi connectivity index (χ1) is 8.88. The summed E-state index contributed by atoms with van der Waals surface area (Å²) in [6, 6.07) is 1.02. The second-order valence-corrected chi connectivity index (χ2v) is 6.01. The van der Waals surface area contributed by atoms with Crippen LogP contribution in [0.25, 0.3) is 0 Å². The lowest BCUT2D eigenvalue weighted by Gasteiger charge is -2.44. The molecule has 0 unspecified atom stereocenters. The summed E-state index contributed by atoms with van der Waals surface area (Å²) >= 11 is 0. The zero-order valence-electron chi connectivity index (χ0n) is 11.1. The minimum Gasteiger partial charge on any atom is -0.374 e. The smallest absolute Gasteiger partial charge is 0.125 e. The number of nitrogens with one attached hydrogen (secondary N) is 1. The summed E-state index contributed by atoms with van der Waals surface area (Å²) in [5.41, 5.74) is 1.48. The van der Waals surface area contributed by atoms with Crippen LogP contribution in [0.1, 0.15) is 44.9 Å². The van der Waals surface area contributed by atoms with E-state index in [9.17, 15) is 4.79 Å². The zero-order valence-corrected chi connectivity index (χ0v) is 11.1. The van der Waals surface area contributed by atoms with Gasteiger partial charge in [0, 0.05) is 30.7 Å². The Balaban J connectivity index is 1.77. The van der Waals surface area contributed by atoms with Gasteiger partial charge in [0.05, 0.1) is 0 Å². The molecular formula is C15H24N2O. The van der Waals surface area contributed by atoms with Crippen LogP contribution in [0.4, 0.5) is 0 Å². The lowest BCUT2D eigenvalue weighted by atomic mass is 9.81. The first-order valence-corrected chi connectivity index (χ1v) is 7.53. The maximum absolute atomic E-state index is 11.4. The van der Waals surface area contributed by atoms with E-state index in [0.29, 0.717) is 12.1 Å². The molecule has 3 aliphatic rings. The highest BCUT2D eigenvalue weighted by molar-refractivity contribution is 5.56. The maximum atomic E-state index is 11.4. The average Bonchev–Trinajstić information content (AvgIpc) is 2.47. The fraction of sp³-hybridized carbons (Fsp3) is 0.800. The van der Waals surface area contributed by atoms with Gasteiger partial charge >= 0.3 is 0 Å². The minimum absolute atomic E-state index is 0.231. The van der Waals surface area contributed by atoms with Gasteiger partial charge in [0.1, 0.15) is 6.29 Å². The number of hydrogen-bond acceptors (Lipinski definition) is 3. The Hall–Kier alpha value is -0.830. The zero-order chi connectivity index (χ0) is 12.4. The molecule has 2 saturated heterocycles. The van der Waals surface area contributed by atoms with Crippen LogP contribution in [0, 0.1) is 5.92 Å². The summed E-state index contributed by atoms with van der Waals surface area (Å²) < 4.78 is 0. The molecular weight excluding hydrogens is 224 g/mol. The molecule has 0 bridgehead atoms. The third kappa shape index (κ3) is 2.33. The third-order valence-corrected chi connectivity index (χ3v) is 4.82. The van der Waals surface area contributed by atoms with Gasteiger partial charge in [-0.15, -0.1) is 0 Å². The summed E-state index contributed by atoms with van der Waals surface area (Å²) in [6.07, 6.45) is 12.2. The van der Waals surface area contributed by atoms with Crippen molar-refractivity contribution in [2.75, 3.05) is 13.1 Å². The lowest BCUT2D eigenvalue weighted by molar-refractivity contribution is -0.113. The molecule has 3 heteroatoms. The molecule has 3 nitrogen and oxygen atoms in total. The molecule has 2 fully saturated rings. The van der Waals surface area contributed by atoms with Gasteiger partial charge < -0.3 is 15.0 Å². The van der Waals surface area contributed by atoms with Crippen LogP contribution < -0.4 is 5.32 Å². The third-order valence-electron chi connectivity index (χ3n) is 4.82. The Morgan fingerprint density at radius 2 is 2.11 bits per heavy atom. The molecule has 0 aromatic carbocycles. The maximum Gasteiger partial charge on any atom is 0.125 e. The molecule has 0 radical (unpaired) electrons. The van der Waals surface area contributed by atoms with E-state index in [0.717, 1.165) is 19.5 Å². The van der Waals surface area contributed by atoms with E-state index in [1.165, 1.54) is 50.4 Å². The van der Waals surface area contributed by atoms with Gasteiger partial charge in [-0.25, -0.2) is 0 Å². The number of rotatable bonds is 2. The van der Waals surface area contributed by atoms with Crippen molar-refractivity contribution in [2.24, 2.45) is 5.92 Å². The van der Waals surface area contributed by atoms with Gasteiger partial charge in [0.2, 0.25) is 0 Å². The Labute approximate surface area is 110 Å². The van der Waals surface area contributed by atoms with E-state index < -0.39 is 0 Å². The number of fused-ring (bicyclic) bond motifs is 1. The van der Waals surface area contributed by atoms with Gasteiger partial charge in [-0.2, -0.15) is 0 Å². The Morgan fingerprint density at radius 1 is 1.22 bits per heavy atom. The van der Waals surface area contributed by atoms with E-state index in [-0.39, 0.29) is 5.92 Å². The summed E-state index contributed by atoms with van der Waals surface area (Å²) in [6.45, 7) is 2.28. The van der Waals surface area contributed by atoms with Crippen LogP contribution in [-0.2, 0) is 4.79 Å². The predicted molar refractivity (Wildman–Crippen MR) is 72.2 cm³/mol. The van der Waals surface area contributed by atoms with Crippen molar-refractivity contribution >= 4 is 6.29 Å². The summed E-state index contributed by atoms with van der Waals surface area (Å²) in [5, 5.41) is 3.62. The number of carbonyl (C=O) groups is 1. The van der Waals surface area contributed by atoms with Crippen molar-refractivity contribution in [1.29, 1.82) is 0 Å². The van der Waals surface area contributed by atoms with Crippen LogP contribution in [0.3, 0.4) is 0 Å². The minimum atomic E-state index is 0.231. The molecule has 0 aliphatic carbocycles. The second kappa shape index (κ2) is 5.43. The van der Waals surface area contributed by atoms with Crippen molar-refractivity contribution in [3.8, 4) is 0 Å². The van der Waals surface area contributed by atoms with E-state index in [4.69, 9.17) is 0 Å². The molecule has 0 aromatic rings. The molecule has 3 heterocycles. The van der Waals surface area contributed by atoms with E-state index in [1.54, 1.807) is 0 Å². The van der Waals surface area contributed by atoms with Crippen molar-refractivity contribution in [3.05, 3.63) is 11.8 Å². The highest BCUT2D eigenvalue weighted by Gasteiger charge is 2.34. The normalized spacial score (nSPS) is 36.8. The highest BCUT2D eigenvalue weighted by atomic mass is 16.1. The molecule has 3 aliphatic heterocycles. The summed E-state index contributed by atoms with van der Waals surface area (Å²) in [7, 11) is 0. The molecule has 0 spiro atoms. The summed E-state index contributed by atoms with van der Waals surface area (Å²) in [4.78, 5) is 13.8. The van der Waals surface area contributed by atoms with Gasteiger partial charge in [-0.3, -0.25) is 0 Å². The van der Waals surface area contributed by atoms with Gasteiger partial charge in [0.15, 0.2) is 0 Å². The number of carbonyl (C=O) groups excluding carboxylic acids is 1. The van der Waals surface area contributed by atoms with E-state index in [2.05, 4.69) is 16.4 Å². The Morgan fingerprint density at radius 3 is 2.89 bits per heavy atom. The van der Waals surface area contributed by atoms with Crippen LogP contribution in [0.5, 0.6) is 0 Å². The van der Waals surface area contributed by atoms with Crippen molar-refractivity contribution < 1.29 is 4.79 Å². The second-order valence-electron chi connectivity index (χ2n) is 6.01. The lowest BCUT2D eigenvalue weighted by Crippen LogP contribution is -2.47. The number of hydrogen-bond donors (Lipinski definition) is 1. The molecule has 0 amide bonds. The average molecular weight is 248 g/mol.